The number of amides is 2. The van der Waals surface area contributed by atoms with Crippen LogP contribution in [0, 0.1) is 6.92 Å². The van der Waals surface area contributed by atoms with Gasteiger partial charge >= 0.3 is 17.8 Å². The molecule has 3 aromatic carbocycles. The first kappa shape index (κ1) is 23.7. The van der Waals surface area contributed by atoms with E-state index in [0.29, 0.717) is 27.0 Å². The van der Waals surface area contributed by atoms with E-state index in [1.807, 2.05) is 19.1 Å². The molecule has 33 heavy (non-hydrogen) atoms. The molecule has 0 aliphatic carbocycles. The summed E-state index contributed by atoms with van der Waals surface area (Å²) in [6.45, 7) is 1.91. The van der Waals surface area contributed by atoms with E-state index in [1.54, 1.807) is 54.6 Å². The Morgan fingerprint density at radius 3 is 2.30 bits per heavy atom. The Hall–Kier alpha value is -3.98. The van der Waals surface area contributed by atoms with Crippen LogP contribution in [0.4, 0.5) is 5.69 Å². The summed E-state index contributed by atoms with van der Waals surface area (Å²) >= 11 is 3.34. The smallest absolute Gasteiger partial charge is 0.343 e. The quantitative estimate of drug-likeness (QED) is 0.171. The molecule has 0 bridgehead atoms. The van der Waals surface area contributed by atoms with Gasteiger partial charge in [0, 0.05) is 15.7 Å². The molecule has 9 heteroatoms. The highest BCUT2D eigenvalue weighted by atomic mass is 79.9. The second-order valence-corrected chi connectivity index (χ2v) is 7.74. The predicted octanol–water partition coefficient (Wildman–Crippen LogP) is 4.07. The van der Waals surface area contributed by atoms with Crippen molar-refractivity contribution < 1.29 is 23.9 Å². The van der Waals surface area contributed by atoms with E-state index >= 15 is 0 Å². The third kappa shape index (κ3) is 6.75. The largest absolute Gasteiger partial charge is 0.497 e. The van der Waals surface area contributed by atoms with Crippen molar-refractivity contribution in [2.75, 3.05) is 12.4 Å². The van der Waals surface area contributed by atoms with Gasteiger partial charge in [-0.1, -0.05) is 33.6 Å². The molecule has 2 N–H and O–H groups in total. The van der Waals surface area contributed by atoms with Crippen molar-refractivity contribution in [2.45, 2.75) is 6.92 Å². The highest BCUT2D eigenvalue weighted by Gasteiger charge is 2.14. The van der Waals surface area contributed by atoms with Crippen molar-refractivity contribution >= 4 is 45.6 Å². The molecule has 0 fully saturated rings. The van der Waals surface area contributed by atoms with Crippen LogP contribution in [0.1, 0.15) is 21.5 Å². The van der Waals surface area contributed by atoms with Crippen molar-refractivity contribution in [2.24, 2.45) is 5.10 Å². The normalized spacial score (nSPS) is 10.5. The lowest BCUT2D eigenvalue weighted by molar-refractivity contribution is -0.136. The number of aryl methyl sites for hydroxylation is 1. The Kier molecular flexibility index (Phi) is 7.93. The second kappa shape index (κ2) is 11.1. The number of nitrogens with one attached hydrogen (secondary N) is 2. The average Bonchev–Trinajstić information content (AvgIpc) is 2.82. The first-order chi connectivity index (χ1) is 15.9. The molecule has 0 saturated heterocycles. The van der Waals surface area contributed by atoms with Crippen LogP contribution >= 0.6 is 15.9 Å². The van der Waals surface area contributed by atoms with Gasteiger partial charge in [-0.25, -0.2) is 10.2 Å². The van der Waals surface area contributed by atoms with Crippen molar-refractivity contribution in [1.82, 2.24) is 5.43 Å². The van der Waals surface area contributed by atoms with Gasteiger partial charge in [-0.2, -0.15) is 5.10 Å². The van der Waals surface area contributed by atoms with Crippen molar-refractivity contribution in [3.8, 4) is 11.5 Å². The molecule has 0 radical (unpaired) electrons. The molecule has 3 rings (SSSR count). The van der Waals surface area contributed by atoms with Crippen LogP contribution in [0.25, 0.3) is 0 Å². The number of benzene rings is 3. The highest BCUT2D eigenvalue weighted by Crippen LogP contribution is 2.23. The minimum Gasteiger partial charge on any atom is -0.497 e. The number of carbonyl (C=O) groups is 3. The van der Waals surface area contributed by atoms with E-state index in [0.717, 1.165) is 5.56 Å². The Labute approximate surface area is 198 Å². The molecule has 0 atom stereocenters. The Bertz CT molecular complexity index is 1190. The number of ether oxygens (including phenoxy) is 2. The van der Waals surface area contributed by atoms with Gasteiger partial charge in [0.2, 0.25) is 0 Å². The summed E-state index contributed by atoms with van der Waals surface area (Å²) in [5.74, 6) is -1.54. The van der Waals surface area contributed by atoms with Crippen molar-refractivity contribution in [1.29, 1.82) is 0 Å². The van der Waals surface area contributed by atoms with Gasteiger partial charge in [0.1, 0.15) is 11.5 Å². The fourth-order valence-corrected chi connectivity index (χ4v) is 3.01. The zero-order valence-corrected chi connectivity index (χ0v) is 19.4. The van der Waals surface area contributed by atoms with Crippen LogP contribution in [-0.4, -0.2) is 31.1 Å². The zero-order chi connectivity index (χ0) is 23.8. The number of hydrogen-bond donors (Lipinski definition) is 2. The van der Waals surface area contributed by atoms with Gasteiger partial charge < -0.3 is 14.8 Å². The number of anilines is 1. The maximum absolute atomic E-state index is 12.5. The Morgan fingerprint density at radius 1 is 0.939 bits per heavy atom. The maximum atomic E-state index is 12.5. The molecular formula is C24H20BrN3O5. The van der Waals surface area contributed by atoms with Crippen molar-refractivity contribution in [3.05, 3.63) is 87.9 Å². The molecule has 0 saturated carbocycles. The summed E-state index contributed by atoms with van der Waals surface area (Å²) in [5.41, 5.74) is 4.42. The van der Waals surface area contributed by atoms with Crippen LogP contribution in [0.5, 0.6) is 11.5 Å². The number of methoxy groups -OCH3 is 1. The minimum atomic E-state index is -0.946. The summed E-state index contributed by atoms with van der Waals surface area (Å²) < 4.78 is 11.3. The maximum Gasteiger partial charge on any atom is 0.343 e. The van der Waals surface area contributed by atoms with E-state index < -0.39 is 17.8 Å². The van der Waals surface area contributed by atoms with Crippen LogP contribution < -0.4 is 20.2 Å². The van der Waals surface area contributed by atoms with Gasteiger partial charge in [0.05, 0.1) is 18.9 Å². The zero-order valence-electron chi connectivity index (χ0n) is 17.8. The molecule has 0 heterocycles. The van der Waals surface area contributed by atoms with Gasteiger partial charge in [0.25, 0.3) is 0 Å². The molecule has 0 aliphatic rings. The lowest BCUT2D eigenvalue weighted by atomic mass is 10.2. The first-order valence-corrected chi connectivity index (χ1v) is 10.5. The van der Waals surface area contributed by atoms with E-state index in [9.17, 15) is 14.4 Å². The third-order valence-corrected chi connectivity index (χ3v) is 4.88. The number of halogens is 1. The lowest BCUT2D eigenvalue weighted by Crippen LogP contribution is -2.32. The number of nitrogens with zero attached hydrogens (tertiary/aromatic N) is 1. The molecule has 0 unspecified atom stereocenters. The van der Waals surface area contributed by atoms with Crippen LogP contribution in [0.2, 0.25) is 0 Å². The minimum absolute atomic E-state index is 0.223. The van der Waals surface area contributed by atoms with Gasteiger partial charge in [-0.05, 0) is 61.5 Å². The summed E-state index contributed by atoms with van der Waals surface area (Å²) in [6, 6.07) is 18.4. The number of carbonyl (C=O) groups excluding carboxylic acids is 3. The molecule has 0 aliphatic heterocycles. The molecule has 8 nitrogen and oxygen atoms in total. The monoisotopic (exact) mass is 509 g/mol. The predicted molar refractivity (Wildman–Crippen MR) is 128 cm³/mol. The number of hydrazone groups is 1. The Morgan fingerprint density at radius 2 is 1.64 bits per heavy atom. The van der Waals surface area contributed by atoms with Gasteiger partial charge in [-0.3, -0.25) is 9.59 Å². The third-order valence-electron chi connectivity index (χ3n) is 4.39. The highest BCUT2D eigenvalue weighted by molar-refractivity contribution is 9.10. The standard InChI is InChI=1S/C24H20BrN3O5/c1-15-3-8-19(9-4-15)27-22(29)23(30)28-26-14-17-13-18(25)7-12-21(17)33-24(31)16-5-10-20(32-2)11-6-16/h3-14H,1-2H3,(H,27,29)(H,28,30). The molecular weight excluding hydrogens is 490 g/mol. The van der Waals surface area contributed by atoms with E-state index in [-0.39, 0.29) is 5.75 Å². The molecule has 168 valence electrons. The molecule has 0 aromatic heterocycles. The van der Waals surface area contributed by atoms with Crippen LogP contribution in [0.3, 0.4) is 0 Å². The summed E-state index contributed by atoms with van der Waals surface area (Å²) in [4.78, 5) is 36.5. The van der Waals surface area contributed by atoms with E-state index in [4.69, 9.17) is 9.47 Å². The number of hydrogen-bond acceptors (Lipinski definition) is 6. The van der Waals surface area contributed by atoms with Gasteiger partial charge in [0.15, 0.2) is 0 Å². The summed E-state index contributed by atoms with van der Waals surface area (Å²) in [6.07, 6.45) is 1.28. The number of rotatable bonds is 6. The second-order valence-electron chi connectivity index (χ2n) is 6.82. The van der Waals surface area contributed by atoms with E-state index in [2.05, 4.69) is 31.8 Å². The summed E-state index contributed by atoms with van der Waals surface area (Å²) in [5, 5.41) is 6.29. The topological polar surface area (TPSA) is 106 Å². The van der Waals surface area contributed by atoms with Gasteiger partial charge in [-0.15, -0.1) is 0 Å². The average molecular weight is 510 g/mol. The number of esters is 1. The summed E-state index contributed by atoms with van der Waals surface area (Å²) in [7, 11) is 1.53. The van der Waals surface area contributed by atoms with Crippen LogP contribution in [-0.2, 0) is 9.59 Å². The SMILES string of the molecule is COc1ccc(C(=O)Oc2ccc(Br)cc2C=NNC(=O)C(=O)Nc2ccc(C)cc2)cc1. The Balaban J connectivity index is 1.65. The first-order valence-electron chi connectivity index (χ1n) is 9.72. The molecule has 0 spiro atoms. The van der Waals surface area contributed by atoms with Crippen LogP contribution in [0.15, 0.2) is 76.3 Å². The van der Waals surface area contributed by atoms with Crippen molar-refractivity contribution in [3.63, 3.8) is 0 Å². The fourth-order valence-electron chi connectivity index (χ4n) is 2.64. The molecule has 3 aromatic rings. The van der Waals surface area contributed by atoms with E-state index in [1.165, 1.54) is 13.3 Å². The molecule has 2 amide bonds. The fraction of sp³-hybridized carbons (Fsp3) is 0.0833. The lowest BCUT2D eigenvalue weighted by Gasteiger charge is -2.08.